The highest BCUT2D eigenvalue weighted by Crippen LogP contribution is 2.60. The van der Waals surface area contributed by atoms with Gasteiger partial charge < -0.3 is 5.32 Å². The van der Waals surface area contributed by atoms with E-state index in [-0.39, 0.29) is 0 Å². The van der Waals surface area contributed by atoms with Gasteiger partial charge in [-0.05, 0) is 53.6 Å². The average molecular weight is 299 g/mol. The highest BCUT2D eigenvalue weighted by atomic mass is 79.9. The maximum atomic E-state index is 4.10. The van der Waals surface area contributed by atoms with E-state index in [1.807, 2.05) is 11.7 Å². The molecular weight excluding hydrogens is 280 g/mol. The molecule has 1 aromatic rings. The molecular formula is C12H19BrN4. The van der Waals surface area contributed by atoms with Gasteiger partial charge in [-0.15, -0.1) is 5.10 Å². The van der Waals surface area contributed by atoms with Crippen molar-refractivity contribution in [2.75, 3.05) is 7.05 Å². The molecule has 17 heavy (non-hydrogen) atoms. The number of aryl methyl sites for hydroxylation is 1. The van der Waals surface area contributed by atoms with Crippen molar-refractivity contribution in [3.63, 3.8) is 0 Å². The van der Waals surface area contributed by atoms with E-state index in [1.165, 1.54) is 31.4 Å². The summed E-state index contributed by atoms with van der Waals surface area (Å²) in [5.41, 5.74) is 1.20. The summed E-state index contributed by atoms with van der Waals surface area (Å²) >= 11 is 3.52. The SMILES string of the molecule is CNC(c1c(Br)nnn1C)C1C2CCCCC21. The minimum absolute atomic E-state index is 0.400. The number of fused-ring (bicyclic) bond motifs is 1. The first-order valence-electron chi connectivity index (χ1n) is 6.46. The van der Waals surface area contributed by atoms with Gasteiger partial charge in [-0.25, -0.2) is 4.68 Å². The Kier molecular flexibility index (Phi) is 2.99. The molecule has 0 aromatic carbocycles. The van der Waals surface area contributed by atoms with Crippen molar-refractivity contribution in [1.29, 1.82) is 0 Å². The maximum absolute atomic E-state index is 4.10. The highest BCUT2D eigenvalue weighted by molar-refractivity contribution is 9.10. The van der Waals surface area contributed by atoms with Crippen molar-refractivity contribution < 1.29 is 0 Å². The fourth-order valence-electron chi connectivity index (χ4n) is 3.72. The lowest BCUT2D eigenvalue weighted by molar-refractivity contribution is 0.449. The number of rotatable bonds is 3. The van der Waals surface area contributed by atoms with Crippen LogP contribution in [0.25, 0.3) is 0 Å². The van der Waals surface area contributed by atoms with Crippen molar-refractivity contribution in [1.82, 2.24) is 20.3 Å². The van der Waals surface area contributed by atoms with Crippen LogP contribution in [0.4, 0.5) is 0 Å². The van der Waals surface area contributed by atoms with Crippen LogP contribution in [0.5, 0.6) is 0 Å². The molecule has 0 amide bonds. The van der Waals surface area contributed by atoms with Crippen LogP contribution >= 0.6 is 15.9 Å². The van der Waals surface area contributed by atoms with Gasteiger partial charge in [-0.1, -0.05) is 18.1 Å². The molecule has 2 fully saturated rings. The standard InChI is InChI=1S/C12H19BrN4/c1-14-10(11-12(13)15-16-17(11)2)9-7-5-3-4-6-8(7)9/h7-10,14H,3-6H2,1-2H3. The summed E-state index contributed by atoms with van der Waals surface area (Å²) in [5.74, 6) is 2.65. The molecule has 0 bridgehead atoms. The monoisotopic (exact) mass is 298 g/mol. The second-order valence-corrected chi connectivity index (χ2v) is 6.10. The van der Waals surface area contributed by atoms with E-state index in [0.29, 0.717) is 6.04 Å². The topological polar surface area (TPSA) is 42.7 Å². The molecule has 1 aromatic heterocycles. The Morgan fingerprint density at radius 1 is 1.35 bits per heavy atom. The first-order valence-corrected chi connectivity index (χ1v) is 7.25. The smallest absolute Gasteiger partial charge is 0.153 e. The van der Waals surface area contributed by atoms with Crippen molar-refractivity contribution in [3.8, 4) is 0 Å². The van der Waals surface area contributed by atoms with Crippen molar-refractivity contribution in [3.05, 3.63) is 10.3 Å². The fourth-order valence-corrected chi connectivity index (χ4v) is 4.30. The molecule has 5 heteroatoms. The Balaban J connectivity index is 1.85. The summed E-state index contributed by atoms with van der Waals surface area (Å²) < 4.78 is 2.79. The quantitative estimate of drug-likeness (QED) is 0.931. The minimum Gasteiger partial charge on any atom is -0.311 e. The normalized spacial score (nSPS) is 33.2. The lowest BCUT2D eigenvalue weighted by Gasteiger charge is -2.16. The molecule has 1 heterocycles. The molecule has 3 unspecified atom stereocenters. The van der Waals surface area contributed by atoms with Crippen LogP contribution in [0.15, 0.2) is 4.60 Å². The number of nitrogens with one attached hydrogen (secondary N) is 1. The van der Waals surface area contributed by atoms with Gasteiger partial charge in [0.25, 0.3) is 0 Å². The summed E-state index contributed by atoms with van der Waals surface area (Å²) in [6.07, 6.45) is 5.66. The number of halogens is 1. The summed E-state index contributed by atoms with van der Waals surface area (Å²) in [6.45, 7) is 0. The third kappa shape index (κ3) is 1.83. The van der Waals surface area contributed by atoms with Gasteiger partial charge in [-0.3, -0.25) is 0 Å². The fraction of sp³-hybridized carbons (Fsp3) is 0.833. The van der Waals surface area contributed by atoms with Crippen molar-refractivity contribution in [2.24, 2.45) is 24.8 Å². The van der Waals surface area contributed by atoms with Crippen LogP contribution in [0.2, 0.25) is 0 Å². The molecule has 0 aliphatic heterocycles. The van der Waals surface area contributed by atoms with E-state index in [9.17, 15) is 0 Å². The molecule has 94 valence electrons. The average Bonchev–Trinajstić information content (AvgIpc) is 2.97. The van der Waals surface area contributed by atoms with Gasteiger partial charge in [-0.2, -0.15) is 0 Å². The molecule has 0 saturated heterocycles. The van der Waals surface area contributed by atoms with E-state index in [2.05, 4.69) is 38.6 Å². The Morgan fingerprint density at radius 2 is 2.00 bits per heavy atom. The second kappa shape index (κ2) is 4.35. The molecule has 0 spiro atoms. The van der Waals surface area contributed by atoms with Crippen LogP contribution in [0, 0.1) is 17.8 Å². The summed E-state index contributed by atoms with van der Waals surface area (Å²) in [5, 5.41) is 11.7. The van der Waals surface area contributed by atoms with E-state index >= 15 is 0 Å². The van der Waals surface area contributed by atoms with Gasteiger partial charge in [0, 0.05) is 7.05 Å². The van der Waals surface area contributed by atoms with Crippen LogP contribution in [-0.4, -0.2) is 22.0 Å². The third-order valence-electron chi connectivity index (χ3n) is 4.54. The lowest BCUT2D eigenvalue weighted by atomic mass is 10.0. The first-order chi connectivity index (χ1) is 8.24. The predicted molar refractivity (Wildman–Crippen MR) is 69.4 cm³/mol. The van der Waals surface area contributed by atoms with Crippen molar-refractivity contribution >= 4 is 15.9 Å². The first kappa shape index (κ1) is 11.7. The number of hydrogen-bond acceptors (Lipinski definition) is 3. The Hall–Kier alpha value is -0.420. The molecule has 4 nitrogen and oxygen atoms in total. The van der Waals surface area contributed by atoms with Crippen LogP contribution in [-0.2, 0) is 7.05 Å². The molecule has 2 saturated carbocycles. The minimum atomic E-state index is 0.400. The number of nitrogens with zero attached hydrogens (tertiary/aromatic N) is 3. The largest absolute Gasteiger partial charge is 0.311 e. The van der Waals surface area contributed by atoms with Gasteiger partial charge in [0.1, 0.15) is 0 Å². The zero-order chi connectivity index (χ0) is 12.0. The molecule has 3 atom stereocenters. The molecule has 1 N–H and O–H groups in total. The Bertz CT molecular complexity index is 385. The highest BCUT2D eigenvalue weighted by Gasteiger charge is 2.55. The second-order valence-electron chi connectivity index (χ2n) is 5.34. The Labute approximate surface area is 110 Å². The van der Waals surface area contributed by atoms with Gasteiger partial charge in [0.15, 0.2) is 4.60 Å². The lowest BCUT2D eigenvalue weighted by Crippen LogP contribution is -2.23. The van der Waals surface area contributed by atoms with Gasteiger partial charge in [0.05, 0.1) is 11.7 Å². The van der Waals surface area contributed by atoms with Crippen LogP contribution in [0.1, 0.15) is 37.4 Å². The van der Waals surface area contributed by atoms with Gasteiger partial charge in [0.2, 0.25) is 0 Å². The zero-order valence-electron chi connectivity index (χ0n) is 10.4. The third-order valence-corrected chi connectivity index (χ3v) is 5.10. The Morgan fingerprint density at radius 3 is 2.47 bits per heavy atom. The van der Waals surface area contributed by atoms with Crippen molar-refractivity contribution in [2.45, 2.75) is 31.7 Å². The predicted octanol–water partition coefficient (Wildman–Crippen LogP) is 2.27. The maximum Gasteiger partial charge on any atom is 0.153 e. The van der Waals surface area contributed by atoms with Crippen LogP contribution < -0.4 is 5.32 Å². The summed E-state index contributed by atoms with van der Waals surface area (Å²) in [4.78, 5) is 0. The zero-order valence-corrected chi connectivity index (χ0v) is 11.9. The summed E-state index contributed by atoms with van der Waals surface area (Å²) in [7, 11) is 4.03. The number of hydrogen-bond donors (Lipinski definition) is 1. The molecule has 2 aliphatic rings. The van der Waals surface area contributed by atoms with E-state index in [0.717, 1.165) is 22.4 Å². The number of aromatic nitrogens is 3. The van der Waals surface area contributed by atoms with E-state index in [4.69, 9.17) is 0 Å². The molecule has 3 rings (SSSR count). The van der Waals surface area contributed by atoms with E-state index < -0.39 is 0 Å². The van der Waals surface area contributed by atoms with Crippen LogP contribution in [0.3, 0.4) is 0 Å². The van der Waals surface area contributed by atoms with Gasteiger partial charge >= 0.3 is 0 Å². The molecule has 2 aliphatic carbocycles. The summed E-state index contributed by atoms with van der Waals surface area (Å²) in [6, 6.07) is 0.400. The van der Waals surface area contributed by atoms with E-state index in [1.54, 1.807) is 0 Å². The molecule has 0 radical (unpaired) electrons.